The van der Waals surface area contributed by atoms with Gasteiger partial charge in [0.1, 0.15) is 12.4 Å². The van der Waals surface area contributed by atoms with Crippen LogP contribution in [0.1, 0.15) is 29.9 Å². The topological polar surface area (TPSA) is 45.2 Å². The fraction of sp³-hybridized carbons (Fsp3) is 0.538. The molecule has 1 amide bonds. The molecule has 0 radical (unpaired) electrons. The number of alkyl halides is 3. The number of amides is 1. The third kappa shape index (κ3) is 4.40. The Morgan fingerprint density at radius 1 is 1.35 bits per heavy atom. The summed E-state index contributed by atoms with van der Waals surface area (Å²) in [7, 11) is 1.64. The first kappa shape index (κ1) is 16.3. The average molecular weight is 289 g/mol. The number of nitrogens with one attached hydrogen (secondary N) is 1. The minimum absolute atomic E-state index is 0.00296. The number of hydrogen-bond donors (Lipinski definition) is 1. The Kier molecular flexibility index (Phi) is 5.35. The first-order valence-electron chi connectivity index (χ1n) is 6.35. The molecule has 7 heteroatoms. The molecule has 112 valence electrons. The van der Waals surface area contributed by atoms with Crippen molar-refractivity contribution in [2.24, 2.45) is 0 Å². The van der Waals surface area contributed by atoms with Crippen molar-refractivity contribution in [3.8, 4) is 0 Å². The zero-order chi connectivity index (χ0) is 15.3. The van der Waals surface area contributed by atoms with Crippen LogP contribution in [0.4, 0.5) is 19.0 Å². The maximum Gasteiger partial charge on any atom is 0.406 e. The van der Waals surface area contributed by atoms with Gasteiger partial charge in [0, 0.05) is 24.8 Å². The molecule has 0 saturated heterocycles. The summed E-state index contributed by atoms with van der Waals surface area (Å²) in [5.41, 5.74) is 0.871. The zero-order valence-corrected chi connectivity index (χ0v) is 11.7. The van der Waals surface area contributed by atoms with Crippen molar-refractivity contribution in [2.45, 2.75) is 26.4 Å². The summed E-state index contributed by atoms with van der Waals surface area (Å²) in [6, 6.07) is 2.99. The van der Waals surface area contributed by atoms with Crippen LogP contribution in [0.3, 0.4) is 0 Å². The van der Waals surface area contributed by atoms with E-state index < -0.39 is 18.6 Å². The van der Waals surface area contributed by atoms with Gasteiger partial charge in [-0.2, -0.15) is 13.2 Å². The van der Waals surface area contributed by atoms with E-state index in [4.69, 9.17) is 0 Å². The van der Waals surface area contributed by atoms with Crippen molar-refractivity contribution in [3.63, 3.8) is 0 Å². The van der Waals surface area contributed by atoms with Crippen molar-refractivity contribution in [2.75, 3.05) is 25.5 Å². The van der Waals surface area contributed by atoms with E-state index in [-0.39, 0.29) is 12.1 Å². The Morgan fingerprint density at radius 3 is 2.45 bits per heavy atom. The third-order valence-corrected chi connectivity index (χ3v) is 2.78. The predicted octanol–water partition coefficient (Wildman–Crippen LogP) is 2.71. The Labute approximate surface area is 116 Å². The lowest BCUT2D eigenvalue weighted by molar-refractivity contribution is -0.140. The number of aromatic nitrogens is 1. The van der Waals surface area contributed by atoms with Crippen LogP contribution in [0.15, 0.2) is 12.1 Å². The smallest absolute Gasteiger partial charge is 0.373 e. The van der Waals surface area contributed by atoms with Crippen molar-refractivity contribution >= 4 is 11.7 Å². The molecule has 0 fully saturated rings. The molecule has 0 aliphatic heterocycles. The Hall–Kier alpha value is -1.79. The first-order chi connectivity index (χ1) is 9.30. The standard InChI is InChI=1S/C13H18F3N3O/c1-4-10-6-9(7-11(17-3)18-10)12(20)19(5-2)8-13(14,15)16/h6-7H,4-5,8H2,1-3H3,(H,17,18). The van der Waals surface area contributed by atoms with Gasteiger partial charge in [-0.15, -0.1) is 0 Å². The Bertz CT molecular complexity index is 452. The van der Waals surface area contributed by atoms with Gasteiger partial charge in [-0.25, -0.2) is 4.98 Å². The van der Waals surface area contributed by atoms with Crippen LogP contribution < -0.4 is 5.32 Å². The largest absolute Gasteiger partial charge is 0.406 e. The molecule has 4 nitrogen and oxygen atoms in total. The van der Waals surface area contributed by atoms with Gasteiger partial charge in [0.25, 0.3) is 5.91 Å². The van der Waals surface area contributed by atoms with Gasteiger partial charge < -0.3 is 10.2 Å². The maximum absolute atomic E-state index is 12.4. The molecule has 0 aromatic carbocycles. The van der Waals surface area contributed by atoms with E-state index in [9.17, 15) is 18.0 Å². The second kappa shape index (κ2) is 6.58. The van der Waals surface area contributed by atoms with Gasteiger partial charge in [-0.1, -0.05) is 6.92 Å². The minimum atomic E-state index is -4.40. The van der Waals surface area contributed by atoms with Gasteiger partial charge in [0.2, 0.25) is 0 Å². The van der Waals surface area contributed by atoms with Crippen LogP contribution >= 0.6 is 0 Å². The monoisotopic (exact) mass is 289 g/mol. The van der Waals surface area contributed by atoms with Gasteiger partial charge >= 0.3 is 6.18 Å². The minimum Gasteiger partial charge on any atom is -0.373 e. The first-order valence-corrected chi connectivity index (χ1v) is 6.35. The van der Waals surface area contributed by atoms with Crippen LogP contribution in [0.2, 0.25) is 0 Å². The van der Waals surface area contributed by atoms with E-state index in [1.54, 1.807) is 7.05 Å². The number of pyridine rings is 1. The molecule has 1 aromatic heterocycles. The fourth-order valence-electron chi connectivity index (χ4n) is 1.75. The number of nitrogens with zero attached hydrogens (tertiary/aromatic N) is 2. The summed E-state index contributed by atoms with van der Waals surface area (Å²) >= 11 is 0. The summed E-state index contributed by atoms with van der Waals surface area (Å²) in [5, 5.41) is 2.80. The van der Waals surface area contributed by atoms with Crippen LogP contribution in [0.5, 0.6) is 0 Å². The molecule has 0 aliphatic rings. The lowest BCUT2D eigenvalue weighted by Gasteiger charge is -2.22. The SMILES string of the molecule is CCc1cc(C(=O)N(CC)CC(F)(F)F)cc(NC)n1. The summed E-state index contributed by atoms with van der Waals surface area (Å²) < 4.78 is 37.3. The van der Waals surface area contributed by atoms with Gasteiger partial charge in [-0.05, 0) is 25.5 Å². The zero-order valence-electron chi connectivity index (χ0n) is 11.7. The number of carbonyl (C=O) groups excluding carboxylic acids is 1. The van der Waals surface area contributed by atoms with Gasteiger partial charge in [-0.3, -0.25) is 4.79 Å². The molecular weight excluding hydrogens is 271 g/mol. The molecule has 0 bridgehead atoms. The molecule has 0 spiro atoms. The summed E-state index contributed by atoms with van der Waals surface area (Å²) in [4.78, 5) is 17.1. The van der Waals surface area contributed by atoms with Gasteiger partial charge in [0.05, 0.1) is 0 Å². The van der Waals surface area contributed by atoms with E-state index in [0.29, 0.717) is 17.9 Å². The summed E-state index contributed by atoms with van der Waals surface area (Å²) in [6.45, 7) is 2.13. The molecule has 1 rings (SSSR count). The van der Waals surface area contributed by atoms with E-state index in [1.807, 2.05) is 6.92 Å². The average Bonchev–Trinajstić information content (AvgIpc) is 2.42. The van der Waals surface area contributed by atoms with Crippen LogP contribution in [0.25, 0.3) is 0 Å². The van der Waals surface area contributed by atoms with Crippen molar-refractivity contribution in [1.29, 1.82) is 0 Å². The van der Waals surface area contributed by atoms with Crippen molar-refractivity contribution in [3.05, 3.63) is 23.4 Å². The predicted molar refractivity (Wildman–Crippen MR) is 70.8 cm³/mol. The number of halogens is 3. The second-order valence-electron chi connectivity index (χ2n) is 4.27. The van der Waals surface area contributed by atoms with Crippen LogP contribution in [-0.4, -0.2) is 42.1 Å². The molecular formula is C13H18F3N3O. The highest BCUT2D eigenvalue weighted by atomic mass is 19.4. The van der Waals surface area contributed by atoms with Crippen LogP contribution in [0, 0.1) is 0 Å². The van der Waals surface area contributed by atoms with E-state index in [0.717, 1.165) is 4.90 Å². The van der Waals surface area contributed by atoms with Crippen LogP contribution in [-0.2, 0) is 6.42 Å². The number of carbonyl (C=O) groups is 1. The van der Waals surface area contributed by atoms with E-state index >= 15 is 0 Å². The van der Waals surface area contributed by atoms with E-state index in [1.165, 1.54) is 19.1 Å². The molecule has 1 heterocycles. The molecule has 0 aliphatic carbocycles. The van der Waals surface area contributed by atoms with E-state index in [2.05, 4.69) is 10.3 Å². The Balaban J connectivity index is 3.05. The molecule has 0 atom stereocenters. The number of aryl methyl sites for hydroxylation is 1. The fourth-order valence-corrected chi connectivity index (χ4v) is 1.75. The highest BCUT2D eigenvalue weighted by Crippen LogP contribution is 2.19. The molecule has 0 saturated carbocycles. The molecule has 1 aromatic rings. The second-order valence-corrected chi connectivity index (χ2v) is 4.27. The third-order valence-electron chi connectivity index (χ3n) is 2.78. The maximum atomic E-state index is 12.4. The molecule has 20 heavy (non-hydrogen) atoms. The Morgan fingerprint density at radius 2 is 2.00 bits per heavy atom. The van der Waals surface area contributed by atoms with Crippen molar-refractivity contribution < 1.29 is 18.0 Å². The highest BCUT2D eigenvalue weighted by Gasteiger charge is 2.32. The number of anilines is 1. The lowest BCUT2D eigenvalue weighted by atomic mass is 10.1. The van der Waals surface area contributed by atoms with Crippen molar-refractivity contribution in [1.82, 2.24) is 9.88 Å². The quantitative estimate of drug-likeness (QED) is 0.906. The highest BCUT2D eigenvalue weighted by molar-refractivity contribution is 5.95. The lowest BCUT2D eigenvalue weighted by Crippen LogP contribution is -2.38. The number of hydrogen-bond acceptors (Lipinski definition) is 3. The molecule has 0 unspecified atom stereocenters. The van der Waals surface area contributed by atoms with Gasteiger partial charge in [0.15, 0.2) is 0 Å². The summed E-state index contributed by atoms with van der Waals surface area (Å²) in [5.74, 6) is -0.172. The number of rotatable bonds is 5. The summed E-state index contributed by atoms with van der Waals surface area (Å²) in [6.07, 6.45) is -3.81. The normalized spacial score (nSPS) is 11.3. The molecule has 1 N–H and O–H groups in total.